The van der Waals surface area contributed by atoms with Gasteiger partial charge in [-0.25, -0.2) is 4.98 Å². The standard InChI is InChI=1S/C29H34ClN3O3/c1-29(2,36)25-14-21(15-31-17-25)18-33(3)28(35)22-7-4-19(5-8-22)12-20-6-9-23(13-20)27(34)24-10-11-26(30)32-16-24/h4-5,7-8,10-11,14-17,20,23,27,34,36H,6,9,12-13,18H2,1-3H3/t20-,23-,27-/m0/s1. The van der Waals surface area contributed by atoms with Crippen LogP contribution in [0.1, 0.15) is 71.8 Å². The lowest BCUT2D eigenvalue weighted by Gasteiger charge is -2.21. The topological polar surface area (TPSA) is 86.5 Å². The van der Waals surface area contributed by atoms with Gasteiger partial charge in [-0.05, 0) is 92.3 Å². The van der Waals surface area contributed by atoms with Gasteiger partial charge < -0.3 is 15.1 Å². The molecule has 2 heterocycles. The molecule has 36 heavy (non-hydrogen) atoms. The molecule has 3 atom stereocenters. The van der Waals surface area contributed by atoms with Gasteiger partial charge in [0.25, 0.3) is 5.91 Å². The van der Waals surface area contributed by atoms with Crippen molar-refractivity contribution in [2.75, 3.05) is 7.05 Å². The van der Waals surface area contributed by atoms with Crippen molar-refractivity contribution in [1.29, 1.82) is 0 Å². The molecule has 0 unspecified atom stereocenters. The summed E-state index contributed by atoms with van der Waals surface area (Å²) >= 11 is 5.87. The van der Waals surface area contributed by atoms with E-state index in [1.807, 2.05) is 36.4 Å². The predicted molar refractivity (Wildman–Crippen MR) is 140 cm³/mol. The van der Waals surface area contributed by atoms with E-state index in [2.05, 4.69) is 9.97 Å². The molecule has 1 fully saturated rings. The van der Waals surface area contributed by atoms with E-state index >= 15 is 0 Å². The predicted octanol–water partition coefficient (Wildman–Crippen LogP) is 5.32. The summed E-state index contributed by atoms with van der Waals surface area (Å²) in [6, 6.07) is 13.3. The number of amides is 1. The van der Waals surface area contributed by atoms with E-state index in [0.717, 1.165) is 42.4 Å². The van der Waals surface area contributed by atoms with E-state index in [0.29, 0.717) is 23.2 Å². The third-order valence-electron chi connectivity index (χ3n) is 7.11. The van der Waals surface area contributed by atoms with E-state index < -0.39 is 11.7 Å². The molecule has 0 radical (unpaired) electrons. The third kappa shape index (κ3) is 6.49. The Balaban J connectivity index is 1.32. The molecule has 2 aromatic heterocycles. The Kier molecular flexibility index (Phi) is 8.08. The maximum absolute atomic E-state index is 13.0. The second-order valence-electron chi connectivity index (χ2n) is 10.5. The zero-order valence-corrected chi connectivity index (χ0v) is 21.8. The van der Waals surface area contributed by atoms with Crippen LogP contribution in [0.4, 0.5) is 0 Å². The van der Waals surface area contributed by atoms with E-state index in [4.69, 9.17) is 11.6 Å². The number of aliphatic hydroxyl groups excluding tert-OH is 1. The summed E-state index contributed by atoms with van der Waals surface area (Å²) in [5, 5.41) is 21.4. The fourth-order valence-corrected chi connectivity index (χ4v) is 5.12. The first kappa shape index (κ1) is 26.3. The molecule has 1 saturated carbocycles. The molecule has 1 amide bonds. The van der Waals surface area contributed by atoms with E-state index in [1.165, 1.54) is 5.56 Å². The molecule has 190 valence electrons. The maximum Gasteiger partial charge on any atom is 0.253 e. The van der Waals surface area contributed by atoms with Crippen LogP contribution < -0.4 is 0 Å². The minimum Gasteiger partial charge on any atom is -0.388 e. The molecule has 3 aromatic rings. The van der Waals surface area contributed by atoms with Gasteiger partial charge in [-0.1, -0.05) is 29.8 Å². The zero-order valence-electron chi connectivity index (χ0n) is 21.1. The van der Waals surface area contributed by atoms with Gasteiger partial charge in [0.1, 0.15) is 5.15 Å². The second kappa shape index (κ2) is 11.1. The van der Waals surface area contributed by atoms with Crippen LogP contribution in [-0.2, 0) is 18.6 Å². The Morgan fingerprint density at radius 1 is 1.11 bits per heavy atom. The number of carbonyl (C=O) groups excluding carboxylic acids is 1. The van der Waals surface area contributed by atoms with Crippen LogP contribution in [0, 0.1) is 11.8 Å². The number of rotatable bonds is 8. The minimum atomic E-state index is -0.980. The minimum absolute atomic E-state index is 0.0594. The maximum atomic E-state index is 13.0. The van der Waals surface area contributed by atoms with Crippen LogP contribution in [0.5, 0.6) is 0 Å². The van der Waals surface area contributed by atoms with Crippen molar-refractivity contribution in [2.45, 2.75) is 57.8 Å². The number of pyridine rings is 2. The fraction of sp³-hybridized carbons (Fsp3) is 0.414. The Morgan fingerprint density at radius 3 is 2.53 bits per heavy atom. The molecule has 1 aliphatic carbocycles. The fourth-order valence-electron chi connectivity index (χ4n) is 5.01. The molecule has 1 aliphatic rings. The van der Waals surface area contributed by atoms with Crippen LogP contribution in [0.2, 0.25) is 5.15 Å². The number of nitrogens with zero attached hydrogens (tertiary/aromatic N) is 3. The highest BCUT2D eigenvalue weighted by Crippen LogP contribution is 2.40. The van der Waals surface area contributed by atoms with Crippen LogP contribution >= 0.6 is 11.6 Å². The molecule has 0 bridgehead atoms. The summed E-state index contributed by atoms with van der Waals surface area (Å²) in [6.07, 6.45) is 8.46. The summed E-state index contributed by atoms with van der Waals surface area (Å²) in [5.41, 5.74) is 3.27. The highest BCUT2D eigenvalue weighted by Gasteiger charge is 2.31. The molecule has 7 heteroatoms. The monoisotopic (exact) mass is 507 g/mol. The second-order valence-corrected chi connectivity index (χ2v) is 10.9. The third-order valence-corrected chi connectivity index (χ3v) is 7.34. The molecule has 6 nitrogen and oxygen atoms in total. The number of benzene rings is 1. The van der Waals surface area contributed by atoms with E-state index in [-0.39, 0.29) is 11.8 Å². The quantitative estimate of drug-likeness (QED) is 0.403. The van der Waals surface area contributed by atoms with Crippen LogP contribution in [0.25, 0.3) is 0 Å². The van der Waals surface area contributed by atoms with Gasteiger partial charge >= 0.3 is 0 Å². The lowest BCUT2D eigenvalue weighted by molar-refractivity contribution is 0.0774. The number of aromatic nitrogens is 2. The first-order valence-electron chi connectivity index (χ1n) is 12.4. The lowest BCUT2D eigenvalue weighted by Crippen LogP contribution is -2.26. The highest BCUT2D eigenvalue weighted by molar-refractivity contribution is 6.29. The molecule has 0 saturated heterocycles. The summed E-state index contributed by atoms with van der Waals surface area (Å²) in [5.74, 6) is 0.664. The smallest absolute Gasteiger partial charge is 0.253 e. The van der Waals surface area contributed by atoms with Crippen molar-refractivity contribution in [2.24, 2.45) is 11.8 Å². The molecule has 4 rings (SSSR count). The van der Waals surface area contributed by atoms with Crippen molar-refractivity contribution >= 4 is 17.5 Å². The number of halogens is 1. The first-order valence-corrected chi connectivity index (χ1v) is 12.8. The van der Waals surface area contributed by atoms with Gasteiger partial charge in [0.05, 0.1) is 11.7 Å². The van der Waals surface area contributed by atoms with Gasteiger partial charge in [0.2, 0.25) is 0 Å². The molecule has 1 aromatic carbocycles. The lowest BCUT2D eigenvalue weighted by atomic mass is 9.92. The summed E-state index contributed by atoms with van der Waals surface area (Å²) in [7, 11) is 1.77. The number of hydrogen-bond acceptors (Lipinski definition) is 5. The van der Waals surface area contributed by atoms with Gasteiger partial charge in [-0.3, -0.25) is 9.78 Å². The average molecular weight is 508 g/mol. The highest BCUT2D eigenvalue weighted by atomic mass is 35.5. The zero-order chi connectivity index (χ0) is 25.9. The Bertz CT molecular complexity index is 1180. The largest absolute Gasteiger partial charge is 0.388 e. The van der Waals surface area contributed by atoms with Gasteiger partial charge in [0, 0.05) is 43.3 Å². The van der Waals surface area contributed by atoms with Crippen molar-refractivity contribution in [3.8, 4) is 0 Å². The van der Waals surface area contributed by atoms with Gasteiger partial charge in [0.15, 0.2) is 0 Å². The summed E-state index contributed by atoms with van der Waals surface area (Å²) in [6.45, 7) is 3.84. The van der Waals surface area contributed by atoms with E-state index in [1.54, 1.807) is 50.5 Å². The van der Waals surface area contributed by atoms with Crippen molar-refractivity contribution in [3.05, 3.63) is 94.0 Å². The van der Waals surface area contributed by atoms with Crippen LogP contribution in [0.3, 0.4) is 0 Å². The normalized spacial score (nSPS) is 18.7. The SMILES string of the molecule is CN(Cc1cncc(C(C)(C)O)c1)C(=O)c1ccc(C[C@@H]2CC[C@H]([C@H](O)c3ccc(Cl)nc3)C2)cc1. The summed E-state index contributed by atoms with van der Waals surface area (Å²) < 4.78 is 0. The Labute approximate surface area is 218 Å². The summed E-state index contributed by atoms with van der Waals surface area (Å²) in [4.78, 5) is 22.9. The number of carbonyl (C=O) groups is 1. The Hall–Kier alpha value is -2.80. The van der Waals surface area contributed by atoms with Crippen LogP contribution in [0.15, 0.2) is 61.1 Å². The Morgan fingerprint density at radius 2 is 1.86 bits per heavy atom. The molecule has 0 aliphatic heterocycles. The molecule has 0 spiro atoms. The van der Waals surface area contributed by atoms with Crippen molar-refractivity contribution in [1.82, 2.24) is 14.9 Å². The number of aliphatic hydroxyl groups is 2. The van der Waals surface area contributed by atoms with Crippen molar-refractivity contribution in [3.63, 3.8) is 0 Å². The molecular formula is C29H34ClN3O3. The molecule has 2 N–H and O–H groups in total. The van der Waals surface area contributed by atoms with Crippen LogP contribution in [-0.4, -0.2) is 38.0 Å². The van der Waals surface area contributed by atoms with E-state index in [9.17, 15) is 15.0 Å². The first-order chi connectivity index (χ1) is 17.1. The number of hydrogen-bond donors (Lipinski definition) is 2. The van der Waals surface area contributed by atoms with Crippen molar-refractivity contribution < 1.29 is 15.0 Å². The average Bonchev–Trinajstić information content (AvgIpc) is 3.32. The van der Waals surface area contributed by atoms with Gasteiger partial charge in [-0.2, -0.15) is 0 Å². The molecular weight excluding hydrogens is 474 g/mol. The van der Waals surface area contributed by atoms with Gasteiger partial charge in [-0.15, -0.1) is 0 Å².